The van der Waals surface area contributed by atoms with E-state index < -0.39 is 0 Å². The van der Waals surface area contributed by atoms with Crippen molar-refractivity contribution >= 4 is 11.7 Å². The molecule has 1 atom stereocenters. The molecular weight excluding hydrogens is 359 g/mol. The molecule has 2 aromatic rings. The maximum Gasteiger partial charge on any atom is 0.288 e. The first-order chi connectivity index (χ1) is 13.4. The molecule has 2 heterocycles. The average Bonchev–Trinajstić information content (AvgIpc) is 3.17. The summed E-state index contributed by atoms with van der Waals surface area (Å²) in [7, 11) is 1.55. The number of carbonyl (C=O) groups is 1. The smallest absolute Gasteiger partial charge is 0.288 e. The molecule has 0 aliphatic carbocycles. The van der Waals surface area contributed by atoms with Crippen LogP contribution in [0.3, 0.4) is 0 Å². The van der Waals surface area contributed by atoms with Crippen LogP contribution in [-0.4, -0.2) is 42.1 Å². The van der Waals surface area contributed by atoms with Crippen LogP contribution in [0.4, 0.5) is 10.2 Å². The summed E-state index contributed by atoms with van der Waals surface area (Å²) >= 11 is 0. The summed E-state index contributed by atoms with van der Waals surface area (Å²) in [6.45, 7) is 5.71. The van der Waals surface area contributed by atoms with Gasteiger partial charge in [0, 0.05) is 49.5 Å². The van der Waals surface area contributed by atoms with Crippen molar-refractivity contribution in [2.45, 2.75) is 32.9 Å². The molecule has 8 heteroatoms. The van der Waals surface area contributed by atoms with Crippen molar-refractivity contribution in [3.05, 3.63) is 52.2 Å². The van der Waals surface area contributed by atoms with Gasteiger partial charge in [0.15, 0.2) is 0 Å². The van der Waals surface area contributed by atoms with Gasteiger partial charge >= 0.3 is 0 Å². The van der Waals surface area contributed by atoms with Crippen molar-refractivity contribution in [1.82, 2.24) is 20.6 Å². The van der Waals surface area contributed by atoms with Crippen molar-refractivity contribution in [3.63, 3.8) is 0 Å². The molecule has 1 aliphatic rings. The number of halogens is 1. The number of aromatic nitrogens is 2. The highest BCUT2D eigenvalue weighted by atomic mass is 19.1. The number of benzene rings is 1. The number of hydrogen-bond acceptors (Lipinski definition) is 6. The predicted octanol–water partition coefficient (Wildman–Crippen LogP) is 1.83. The first-order valence-corrected chi connectivity index (χ1v) is 9.17. The van der Waals surface area contributed by atoms with E-state index >= 15 is 0 Å². The number of nitrogens with one attached hydrogen (secondary N) is 2. The van der Waals surface area contributed by atoms with Crippen LogP contribution < -0.4 is 15.5 Å². The molecule has 1 amide bonds. The Hall–Kier alpha value is -3.05. The summed E-state index contributed by atoms with van der Waals surface area (Å²) in [5.74, 6) is 0.241. The number of rotatable bonds is 5. The maximum atomic E-state index is 14.0. The number of amides is 1. The Labute approximate surface area is 163 Å². The van der Waals surface area contributed by atoms with E-state index in [1.807, 2.05) is 19.9 Å². The second-order valence-corrected chi connectivity index (χ2v) is 6.89. The molecule has 1 aliphatic heterocycles. The lowest BCUT2D eigenvalue weighted by Crippen LogP contribution is -2.33. The molecule has 0 saturated carbocycles. The van der Waals surface area contributed by atoms with Crippen LogP contribution in [0.5, 0.6) is 0 Å². The normalized spacial score (nSPS) is 16.1. The summed E-state index contributed by atoms with van der Waals surface area (Å²) < 4.78 is 14.0. The van der Waals surface area contributed by atoms with Gasteiger partial charge < -0.3 is 15.5 Å². The van der Waals surface area contributed by atoms with E-state index in [0.29, 0.717) is 24.2 Å². The standard InChI is InChI=1S/C20H23FN6O/c1-12-13(2)25-18(20(28)23-3)26-19(12)27-7-6-16(11-27)24-10-15-5-4-14(9-22)8-17(15)21/h4-5,8,16,24H,6-7,10-11H2,1-3H3,(H,23,28)/t16-/m1/s1. The van der Waals surface area contributed by atoms with Gasteiger partial charge in [0.2, 0.25) is 5.82 Å². The Bertz CT molecular complexity index is 939. The lowest BCUT2D eigenvalue weighted by atomic mass is 10.1. The largest absolute Gasteiger partial charge is 0.355 e. The number of nitrogens with zero attached hydrogens (tertiary/aromatic N) is 4. The van der Waals surface area contributed by atoms with Crippen LogP contribution in [-0.2, 0) is 6.54 Å². The second kappa shape index (κ2) is 8.31. The topological polar surface area (TPSA) is 93.9 Å². The highest BCUT2D eigenvalue weighted by Crippen LogP contribution is 2.24. The van der Waals surface area contributed by atoms with Crippen LogP contribution in [0.2, 0.25) is 0 Å². The lowest BCUT2D eigenvalue weighted by Gasteiger charge is -2.21. The summed E-state index contributed by atoms with van der Waals surface area (Å²) in [5, 5.41) is 14.8. The van der Waals surface area contributed by atoms with Gasteiger partial charge in [0.1, 0.15) is 11.6 Å². The monoisotopic (exact) mass is 382 g/mol. The summed E-state index contributed by atoms with van der Waals surface area (Å²) in [5.41, 5.74) is 2.58. The molecule has 2 N–H and O–H groups in total. The van der Waals surface area contributed by atoms with Crippen molar-refractivity contribution in [2.24, 2.45) is 0 Å². The van der Waals surface area contributed by atoms with Gasteiger partial charge in [0.25, 0.3) is 5.91 Å². The van der Waals surface area contributed by atoms with Crippen LogP contribution >= 0.6 is 0 Å². The van der Waals surface area contributed by atoms with E-state index in [1.54, 1.807) is 19.2 Å². The molecule has 1 aromatic heterocycles. The molecule has 3 rings (SSSR count). The lowest BCUT2D eigenvalue weighted by molar-refractivity contribution is 0.0952. The first kappa shape index (κ1) is 19.7. The number of hydrogen-bond donors (Lipinski definition) is 2. The Morgan fingerprint density at radius 1 is 1.39 bits per heavy atom. The van der Waals surface area contributed by atoms with E-state index in [0.717, 1.165) is 30.0 Å². The van der Waals surface area contributed by atoms with E-state index in [4.69, 9.17) is 5.26 Å². The quantitative estimate of drug-likeness (QED) is 0.819. The zero-order valence-electron chi connectivity index (χ0n) is 16.2. The molecule has 1 saturated heterocycles. The molecule has 7 nitrogen and oxygen atoms in total. The van der Waals surface area contributed by atoms with Gasteiger partial charge in [-0.2, -0.15) is 5.26 Å². The molecule has 1 aromatic carbocycles. The molecule has 0 radical (unpaired) electrons. The zero-order chi connectivity index (χ0) is 20.3. The molecule has 1 fully saturated rings. The number of nitriles is 1. The Balaban J connectivity index is 1.68. The minimum absolute atomic E-state index is 0.164. The minimum atomic E-state index is -0.376. The fourth-order valence-corrected chi connectivity index (χ4v) is 3.27. The minimum Gasteiger partial charge on any atom is -0.355 e. The Morgan fingerprint density at radius 3 is 2.86 bits per heavy atom. The van der Waals surface area contributed by atoms with E-state index in [9.17, 15) is 9.18 Å². The third-order valence-corrected chi connectivity index (χ3v) is 5.04. The molecule has 0 bridgehead atoms. The Kier molecular flexibility index (Phi) is 5.85. The van der Waals surface area contributed by atoms with E-state index in [1.165, 1.54) is 6.07 Å². The van der Waals surface area contributed by atoms with Crippen LogP contribution in [0.25, 0.3) is 0 Å². The highest BCUT2D eigenvalue weighted by molar-refractivity contribution is 5.90. The highest BCUT2D eigenvalue weighted by Gasteiger charge is 2.26. The number of anilines is 1. The molecule has 0 spiro atoms. The van der Waals surface area contributed by atoms with Crippen molar-refractivity contribution in [3.8, 4) is 6.07 Å². The van der Waals surface area contributed by atoms with Gasteiger partial charge in [-0.3, -0.25) is 4.79 Å². The van der Waals surface area contributed by atoms with Gasteiger partial charge in [-0.1, -0.05) is 6.07 Å². The third-order valence-electron chi connectivity index (χ3n) is 5.04. The molecular formula is C20H23FN6O. The van der Waals surface area contributed by atoms with E-state index in [2.05, 4.69) is 25.5 Å². The van der Waals surface area contributed by atoms with Gasteiger partial charge in [-0.15, -0.1) is 0 Å². The first-order valence-electron chi connectivity index (χ1n) is 9.17. The SMILES string of the molecule is CNC(=O)c1nc(C)c(C)c(N2CC[C@@H](NCc3ccc(C#N)cc3F)C2)n1. The average molecular weight is 382 g/mol. The fourth-order valence-electron chi connectivity index (χ4n) is 3.27. The van der Waals surface area contributed by atoms with Crippen molar-refractivity contribution < 1.29 is 9.18 Å². The maximum absolute atomic E-state index is 14.0. The number of carbonyl (C=O) groups excluding carboxylic acids is 1. The molecule has 146 valence electrons. The Morgan fingerprint density at radius 2 is 2.18 bits per heavy atom. The van der Waals surface area contributed by atoms with Crippen LogP contribution in [0, 0.1) is 31.0 Å². The van der Waals surface area contributed by atoms with Crippen LogP contribution in [0.1, 0.15) is 39.4 Å². The number of aryl methyl sites for hydroxylation is 1. The van der Waals surface area contributed by atoms with E-state index in [-0.39, 0.29) is 23.6 Å². The van der Waals surface area contributed by atoms with Gasteiger partial charge in [-0.05, 0) is 32.4 Å². The summed E-state index contributed by atoms with van der Waals surface area (Å²) in [6.07, 6.45) is 0.885. The van der Waals surface area contributed by atoms with Gasteiger partial charge in [-0.25, -0.2) is 14.4 Å². The van der Waals surface area contributed by atoms with Gasteiger partial charge in [0.05, 0.1) is 11.6 Å². The molecule has 0 unspecified atom stereocenters. The summed E-state index contributed by atoms with van der Waals surface area (Å²) in [6, 6.07) is 6.62. The van der Waals surface area contributed by atoms with Crippen LogP contribution in [0.15, 0.2) is 18.2 Å². The second-order valence-electron chi connectivity index (χ2n) is 6.89. The van der Waals surface area contributed by atoms with Crippen molar-refractivity contribution in [2.75, 3.05) is 25.0 Å². The zero-order valence-corrected chi connectivity index (χ0v) is 16.2. The summed E-state index contributed by atoms with van der Waals surface area (Å²) in [4.78, 5) is 22.8. The third kappa shape index (κ3) is 4.10. The van der Waals surface area contributed by atoms with Crippen molar-refractivity contribution in [1.29, 1.82) is 5.26 Å². The fraction of sp³-hybridized carbons (Fsp3) is 0.400. The molecule has 28 heavy (non-hydrogen) atoms. The predicted molar refractivity (Wildman–Crippen MR) is 103 cm³/mol.